The van der Waals surface area contributed by atoms with Gasteiger partial charge in [-0.2, -0.15) is 0 Å². The number of nitrogens with zero attached hydrogens (tertiary/aromatic N) is 3. The van der Waals surface area contributed by atoms with E-state index in [1.54, 1.807) is 86.4 Å². The van der Waals surface area contributed by atoms with E-state index in [0.29, 0.717) is 45.9 Å². The van der Waals surface area contributed by atoms with Gasteiger partial charge in [0.25, 0.3) is 11.5 Å². The number of benzene rings is 3. The largest absolute Gasteiger partial charge is 0.497 e. The maximum Gasteiger partial charge on any atom is 0.328 e. The molecule has 276 valence electrons. The average Bonchev–Trinajstić information content (AvgIpc) is 3.36. The number of para-hydroxylation sites is 1. The lowest BCUT2D eigenvalue weighted by Crippen LogP contribution is -2.34. The highest BCUT2D eigenvalue weighted by molar-refractivity contribution is 6.05. The number of rotatable bonds is 12. The molecule has 16 heteroatoms. The Kier molecular flexibility index (Phi) is 12.8. The molecule has 0 saturated carbocycles. The van der Waals surface area contributed by atoms with Gasteiger partial charge >= 0.3 is 17.9 Å². The van der Waals surface area contributed by atoms with E-state index in [1.165, 1.54) is 23.7 Å². The molecule has 0 saturated heterocycles. The van der Waals surface area contributed by atoms with Crippen LogP contribution in [0, 0.1) is 12.7 Å². The van der Waals surface area contributed by atoms with Crippen LogP contribution in [-0.2, 0) is 25.7 Å². The Morgan fingerprint density at radius 3 is 2.25 bits per heavy atom. The maximum absolute atomic E-state index is 15.2. The van der Waals surface area contributed by atoms with Crippen LogP contribution in [-0.4, -0.2) is 67.6 Å². The summed E-state index contributed by atoms with van der Waals surface area (Å²) in [6.45, 7) is 4.86. The Bertz CT molecular complexity index is 2210. The van der Waals surface area contributed by atoms with E-state index in [4.69, 9.17) is 30.2 Å². The molecule has 2 atom stereocenters. The zero-order valence-corrected chi connectivity index (χ0v) is 29.0. The monoisotopic (exact) mass is 729 g/mol. The summed E-state index contributed by atoms with van der Waals surface area (Å²) in [5.74, 6) is -3.63. The van der Waals surface area contributed by atoms with Gasteiger partial charge in [0.2, 0.25) is 0 Å². The molecule has 0 fully saturated rings. The third kappa shape index (κ3) is 9.92. The van der Waals surface area contributed by atoms with Crippen LogP contribution in [0.3, 0.4) is 0 Å². The molecule has 53 heavy (non-hydrogen) atoms. The number of ether oxygens (including phenoxy) is 3. The first-order valence-corrected chi connectivity index (χ1v) is 15.9. The Hall–Kier alpha value is -6.81. The third-order valence-corrected chi connectivity index (χ3v) is 7.43. The van der Waals surface area contributed by atoms with Gasteiger partial charge in [-0.25, -0.2) is 18.7 Å². The third-order valence-electron chi connectivity index (χ3n) is 7.43. The number of carbonyl (C=O) groups is 4. The first kappa shape index (κ1) is 39.0. The summed E-state index contributed by atoms with van der Waals surface area (Å²) in [5, 5.41) is 18.9. The quantitative estimate of drug-likeness (QED) is 0.102. The minimum Gasteiger partial charge on any atom is -0.497 e. The fourth-order valence-corrected chi connectivity index (χ4v) is 4.98. The number of hydrogen-bond acceptors (Lipinski definition) is 10. The first-order chi connectivity index (χ1) is 25.2. The topological polar surface area (TPSA) is 214 Å². The molecular weight excluding hydrogens is 693 g/mol. The van der Waals surface area contributed by atoms with Crippen molar-refractivity contribution in [1.82, 2.24) is 14.3 Å². The van der Waals surface area contributed by atoms with Gasteiger partial charge in [0.05, 0.1) is 30.6 Å². The molecule has 15 nitrogen and oxygen atoms in total. The molecule has 5 rings (SSSR count). The van der Waals surface area contributed by atoms with Gasteiger partial charge in [-0.15, -0.1) is 0 Å². The second kappa shape index (κ2) is 17.4. The number of halogens is 1. The zero-order valence-electron chi connectivity index (χ0n) is 29.0. The van der Waals surface area contributed by atoms with Gasteiger partial charge in [-0.1, -0.05) is 18.2 Å². The molecular formula is C37H36FN5O10. The molecule has 3 aromatic carbocycles. The average molecular weight is 730 g/mol. The van der Waals surface area contributed by atoms with Crippen molar-refractivity contribution in [3.63, 3.8) is 0 Å². The molecule has 0 aliphatic rings. The van der Waals surface area contributed by atoms with Crippen molar-refractivity contribution in [2.75, 3.05) is 12.4 Å². The Balaban J connectivity index is 0.000000703. The van der Waals surface area contributed by atoms with Crippen LogP contribution in [0.5, 0.6) is 17.2 Å². The van der Waals surface area contributed by atoms with E-state index in [-0.39, 0.29) is 23.5 Å². The number of aliphatic carboxylic acids is 2. The van der Waals surface area contributed by atoms with Crippen LogP contribution in [0.4, 0.5) is 10.1 Å². The molecule has 2 heterocycles. The first-order valence-electron chi connectivity index (χ1n) is 15.9. The summed E-state index contributed by atoms with van der Waals surface area (Å²) in [6, 6.07) is 18.8. The summed E-state index contributed by atoms with van der Waals surface area (Å²) < 4.78 is 34.6. The van der Waals surface area contributed by atoms with Gasteiger partial charge in [-0.05, 0) is 63.2 Å². The Morgan fingerprint density at radius 1 is 0.962 bits per heavy atom. The van der Waals surface area contributed by atoms with Gasteiger partial charge in [-0.3, -0.25) is 24.0 Å². The molecule has 0 bridgehead atoms. The van der Waals surface area contributed by atoms with Crippen molar-refractivity contribution in [3.8, 4) is 22.9 Å². The molecule has 1 amide bonds. The zero-order chi connectivity index (χ0) is 38.8. The summed E-state index contributed by atoms with van der Waals surface area (Å²) >= 11 is 0. The minimum atomic E-state index is -1.26. The van der Waals surface area contributed by atoms with E-state index in [1.807, 2.05) is 0 Å². The highest BCUT2D eigenvalue weighted by Crippen LogP contribution is 2.33. The lowest BCUT2D eigenvalue weighted by molar-refractivity contribution is -0.150. The van der Waals surface area contributed by atoms with E-state index < -0.39 is 47.3 Å². The smallest absolute Gasteiger partial charge is 0.328 e. The van der Waals surface area contributed by atoms with Crippen molar-refractivity contribution >= 4 is 40.4 Å². The number of nitrogens with one attached hydrogen (secondary N) is 1. The highest BCUT2D eigenvalue weighted by Gasteiger charge is 2.26. The lowest BCUT2D eigenvalue weighted by Gasteiger charge is -2.19. The number of methoxy groups -OCH3 is 1. The number of amides is 1. The number of anilines is 1. The van der Waals surface area contributed by atoms with Gasteiger partial charge < -0.3 is 35.5 Å². The second-order valence-corrected chi connectivity index (χ2v) is 11.4. The summed E-state index contributed by atoms with van der Waals surface area (Å²) in [6.07, 6.45) is 2.00. The molecule has 0 aliphatic heterocycles. The summed E-state index contributed by atoms with van der Waals surface area (Å²) in [5.41, 5.74) is 6.45. The van der Waals surface area contributed by atoms with Crippen LogP contribution < -0.4 is 26.1 Å². The fraction of sp³-hybridized carbons (Fsp3) is 0.189. The Morgan fingerprint density at radius 2 is 1.64 bits per heavy atom. The van der Waals surface area contributed by atoms with Crippen molar-refractivity contribution in [3.05, 3.63) is 119 Å². The number of esters is 1. The molecule has 0 spiro atoms. The van der Waals surface area contributed by atoms with E-state index in [2.05, 4.69) is 10.3 Å². The van der Waals surface area contributed by atoms with Crippen molar-refractivity contribution < 1.29 is 48.0 Å². The predicted octanol–water partition coefficient (Wildman–Crippen LogP) is 4.68. The van der Waals surface area contributed by atoms with Crippen LogP contribution in [0.1, 0.15) is 29.9 Å². The van der Waals surface area contributed by atoms with Crippen LogP contribution >= 0.6 is 0 Å². The van der Waals surface area contributed by atoms with E-state index in [0.717, 1.165) is 6.07 Å². The number of fused-ring (bicyclic) bond motifs is 1. The van der Waals surface area contributed by atoms with Gasteiger partial charge in [0, 0.05) is 41.6 Å². The SMILES string of the molecule is COc1ccc2c(Oc3ccc(NC(=O)c4c(C)n(C[C@H](C)OC(=O)[C@H](C)N)n(-c5ccccc5)c4=O)cc3F)ccnc2c1.O=C(O)/C=C\C(=O)O. The lowest BCUT2D eigenvalue weighted by atomic mass is 10.2. The number of pyridine rings is 1. The van der Waals surface area contributed by atoms with Crippen molar-refractivity contribution in [2.24, 2.45) is 5.73 Å². The van der Waals surface area contributed by atoms with Crippen molar-refractivity contribution in [2.45, 2.75) is 39.5 Å². The van der Waals surface area contributed by atoms with Crippen LogP contribution in [0.15, 0.2) is 95.9 Å². The number of carbonyl (C=O) groups excluding carboxylic acids is 2. The molecule has 2 aromatic heterocycles. The molecule has 0 aliphatic carbocycles. The minimum absolute atomic E-state index is 0.0683. The summed E-state index contributed by atoms with van der Waals surface area (Å²) in [7, 11) is 1.55. The molecule has 5 N–H and O–H groups in total. The van der Waals surface area contributed by atoms with Gasteiger partial charge in [0.15, 0.2) is 11.6 Å². The van der Waals surface area contributed by atoms with E-state index in [9.17, 15) is 24.0 Å². The number of aromatic nitrogens is 3. The number of hydrogen-bond donors (Lipinski definition) is 4. The second-order valence-electron chi connectivity index (χ2n) is 11.4. The van der Waals surface area contributed by atoms with Gasteiger partial charge in [0.1, 0.15) is 29.2 Å². The number of carboxylic acid groups (broad SMARTS) is 2. The fourth-order valence-electron chi connectivity index (χ4n) is 4.98. The number of nitrogens with two attached hydrogens (primary N) is 1. The van der Waals surface area contributed by atoms with Crippen LogP contribution in [0.25, 0.3) is 16.6 Å². The predicted molar refractivity (Wildman–Crippen MR) is 191 cm³/mol. The number of carboxylic acids is 2. The molecule has 0 radical (unpaired) electrons. The molecule has 5 aromatic rings. The molecule has 0 unspecified atom stereocenters. The van der Waals surface area contributed by atoms with E-state index >= 15 is 4.39 Å². The standard InChI is InChI=1S/C33H32FN5O6.C4H4O4/c1-19(44-33(42)20(2)35)18-38-21(3)30(32(41)39(38)23-8-6-5-7-9-23)31(40)37-22-10-13-29(26(34)16-22)45-28-14-15-36-27-17-24(43-4)11-12-25(27)28;5-3(6)1-2-4(7)8/h5-17,19-20H,18,35H2,1-4H3,(H,37,40);1-2H,(H,5,6)(H,7,8)/b;2-1-/t19-,20-;/m0./s1. The normalized spacial score (nSPS) is 12.0. The maximum atomic E-state index is 15.2. The summed E-state index contributed by atoms with van der Waals surface area (Å²) in [4.78, 5) is 62.6. The van der Waals surface area contributed by atoms with Crippen molar-refractivity contribution in [1.29, 1.82) is 0 Å². The highest BCUT2D eigenvalue weighted by atomic mass is 19.1. The van der Waals surface area contributed by atoms with Crippen LogP contribution in [0.2, 0.25) is 0 Å². The Labute approximate surface area is 301 Å².